The maximum atomic E-state index is 12.9. The summed E-state index contributed by atoms with van der Waals surface area (Å²) >= 11 is 0. The van der Waals surface area contributed by atoms with E-state index in [1.165, 1.54) is 4.31 Å². The van der Waals surface area contributed by atoms with Crippen molar-refractivity contribution in [1.29, 1.82) is 0 Å². The lowest BCUT2D eigenvalue weighted by molar-refractivity contribution is -0.126. The Morgan fingerprint density at radius 2 is 1.87 bits per heavy atom. The van der Waals surface area contributed by atoms with Gasteiger partial charge in [0.25, 0.3) is 0 Å². The van der Waals surface area contributed by atoms with Gasteiger partial charge in [0.05, 0.1) is 16.3 Å². The zero-order valence-electron chi connectivity index (χ0n) is 16.7. The molecule has 1 aliphatic rings. The third-order valence-electron chi connectivity index (χ3n) is 5.55. The molecule has 2 aromatic carbocycles. The predicted molar refractivity (Wildman–Crippen MR) is 116 cm³/mol. The van der Waals surface area contributed by atoms with Crippen molar-refractivity contribution in [2.24, 2.45) is 5.92 Å². The molecule has 4 rings (SSSR count). The number of carbonyl (C=O) groups excluding carboxylic acids is 1. The zero-order valence-corrected chi connectivity index (χ0v) is 17.5. The second-order valence-electron chi connectivity index (χ2n) is 7.55. The number of hydrogen-bond acceptors (Lipinski definition) is 4. The number of benzene rings is 2. The fourth-order valence-corrected chi connectivity index (χ4v) is 5.49. The molecule has 30 heavy (non-hydrogen) atoms. The first-order valence-electron chi connectivity index (χ1n) is 10.2. The molecule has 0 radical (unpaired) electrons. The summed E-state index contributed by atoms with van der Waals surface area (Å²) in [5.74, 6) is -0.418. The Bertz CT molecular complexity index is 1130. The van der Waals surface area contributed by atoms with Crippen LogP contribution in [0.4, 0.5) is 0 Å². The van der Waals surface area contributed by atoms with Crippen LogP contribution in [-0.2, 0) is 21.2 Å². The van der Waals surface area contributed by atoms with Gasteiger partial charge < -0.3 is 5.32 Å². The van der Waals surface area contributed by atoms with Crippen molar-refractivity contribution in [3.05, 3.63) is 72.4 Å². The van der Waals surface area contributed by atoms with Gasteiger partial charge >= 0.3 is 0 Å². The van der Waals surface area contributed by atoms with Crippen LogP contribution in [0.5, 0.6) is 0 Å². The molecule has 1 atom stereocenters. The molecule has 1 fully saturated rings. The van der Waals surface area contributed by atoms with E-state index in [1.54, 1.807) is 36.5 Å². The minimum absolute atomic E-state index is 0.0869. The Labute approximate surface area is 177 Å². The monoisotopic (exact) mass is 423 g/mol. The molecule has 1 amide bonds. The molecule has 0 bridgehead atoms. The quantitative estimate of drug-likeness (QED) is 0.661. The van der Waals surface area contributed by atoms with Crippen LogP contribution in [-0.4, -0.2) is 43.2 Å². The average Bonchev–Trinajstić information content (AvgIpc) is 2.80. The number of hydrogen-bond donors (Lipinski definition) is 1. The Balaban J connectivity index is 1.37. The number of rotatable bonds is 6. The summed E-state index contributed by atoms with van der Waals surface area (Å²) in [6.07, 6.45) is 3.83. The summed E-state index contributed by atoms with van der Waals surface area (Å²) in [4.78, 5) is 17.4. The third-order valence-corrected chi connectivity index (χ3v) is 7.43. The van der Waals surface area contributed by atoms with Gasteiger partial charge in [-0.3, -0.25) is 9.78 Å². The number of pyridine rings is 1. The van der Waals surface area contributed by atoms with E-state index in [9.17, 15) is 13.2 Å². The van der Waals surface area contributed by atoms with E-state index in [2.05, 4.69) is 10.3 Å². The lowest BCUT2D eigenvalue weighted by atomic mass is 9.98. The van der Waals surface area contributed by atoms with Crippen LogP contribution in [0.25, 0.3) is 10.9 Å². The van der Waals surface area contributed by atoms with Crippen molar-refractivity contribution < 1.29 is 13.2 Å². The van der Waals surface area contributed by atoms with Gasteiger partial charge in [-0.15, -0.1) is 0 Å². The van der Waals surface area contributed by atoms with Gasteiger partial charge in [-0.05, 0) is 43.0 Å². The highest BCUT2D eigenvalue weighted by atomic mass is 32.2. The van der Waals surface area contributed by atoms with Gasteiger partial charge in [0, 0.05) is 31.2 Å². The molecule has 6 nitrogen and oxygen atoms in total. The number of sulfonamides is 1. The molecule has 1 aliphatic heterocycles. The number of aromatic nitrogens is 1. The van der Waals surface area contributed by atoms with Crippen molar-refractivity contribution >= 4 is 26.8 Å². The van der Waals surface area contributed by atoms with Crippen LogP contribution in [0.15, 0.2) is 71.8 Å². The lowest BCUT2D eigenvalue weighted by Gasteiger charge is -2.31. The number of nitrogens with zero attached hydrogens (tertiary/aromatic N) is 2. The van der Waals surface area contributed by atoms with E-state index in [4.69, 9.17) is 0 Å². The molecular formula is C23H25N3O3S. The topological polar surface area (TPSA) is 79.4 Å². The minimum atomic E-state index is -3.57. The highest BCUT2D eigenvalue weighted by molar-refractivity contribution is 7.89. The molecule has 1 saturated heterocycles. The molecule has 0 unspecified atom stereocenters. The zero-order chi connectivity index (χ0) is 21.0. The maximum Gasteiger partial charge on any atom is 0.243 e. The summed E-state index contributed by atoms with van der Waals surface area (Å²) in [7, 11) is -3.57. The highest BCUT2D eigenvalue weighted by Gasteiger charge is 2.33. The first-order valence-corrected chi connectivity index (χ1v) is 11.7. The molecule has 2 heterocycles. The summed E-state index contributed by atoms with van der Waals surface area (Å²) in [6, 6.07) is 18.4. The number of fused-ring (bicyclic) bond motifs is 1. The number of nitrogens with one attached hydrogen (secondary N) is 1. The minimum Gasteiger partial charge on any atom is -0.355 e. The van der Waals surface area contributed by atoms with Gasteiger partial charge in [0.15, 0.2) is 0 Å². The summed E-state index contributed by atoms with van der Waals surface area (Å²) in [6.45, 7) is 1.16. The molecule has 0 spiro atoms. The van der Waals surface area contributed by atoms with Gasteiger partial charge in [-0.1, -0.05) is 42.5 Å². The molecule has 3 aromatic rings. The SMILES string of the molecule is O=C(NCCc1cccc2cccnc12)[C@@H]1CCCN(S(=O)(=O)c2ccccc2)C1. The second-order valence-corrected chi connectivity index (χ2v) is 9.49. The fraction of sp³-hybridized carbons (Fsp3) is 0.304. The number of para-hydroxylation sites is 1. The third kappa shape index (κ3) is 4.37. The van der Waals surface area contributed by atoms with Crippen LogP contribution < -0.4 is 5.32 Å². The largest absolute Gasteiger partial charge is 0.355 e. The molecule has 1 aromatic heterocycles. The first kappa shape index (κ1) is 20.5. The normalized spacial score (nSPS) is 17.7. The summed E-state index contributed by atoms with van der Waals surface area (Å²) < 4.78 is 27.2. The van der Waals surface area contributed by atoms with Crippen molar-refractivity contribution in [2.45, 2.75) is 24.2 Å². The van der Waals surface area contributed by atoms with E-state index in [0.29, 0.717) is 32.4 Å². The smallest absolute Gasteiger partial charge is 0.243 e. The Morgan fingerprint density at radius 3 is 2.70 bits per heavy atom. The molecule has 156 valence electrons. The average molecular weight is 424 g/mol. The standard InChI is InChI=1S/C23H25N3O3S/c27-23(25-15-13-19-8-4-7-18-9-5-14-24-22(18)19)20-10-6-16-26(17-20)30(28,29)21-11-2-1-3-12-21/h1-5,7-9,11-12,14,20H,6,10,13,15-17H2,(H,25,27)/t20-/m1/s1. The van der Waals surface area contributed by atoms with Gasteiger partial charge in [0.1, 0.15) is 0 Å². The highest BCUT2D eigenvalue weighted by Crippen LogP contribution is 2.24. The van der Waals surface area contributed by atoms with Crippen LogP contribution >= 0.6 is 0 Å². The van der Waals surface area contributed by atoms with E-state index < -0.39 is 10.0 Å². The Morgan fingerprint density at radius 1 is 1.07 bits per heavy atom. The lowest BCUT2D eigenvalue weighted by Crippen LogP contribution is -2.45. The van der Waals surface area contributed by atoms with Crippen molar-refractivity contribution in [3.63, 3.8) is 0 Å². The van der Waals surface area contributed by atoms with Crippen molar-refractivity contribution in [1.82, 2.24) is 14.6 Å². The number of carbonyl (C=O) groups is 1. The molecule has 0 saturated carbocycles. The predicted octanol–water partition coefficient (Wildman–Crippen LogP) is 2.99. The van der Waals surface area contributed by atoms with Gasteiger partial charge in [-0.2, -0.15) is 4.31 Å². The van der Waals surface area contributed by atoms with E-state index in [0.717, 1.165) is 16.5 Å². The van der Waals surface area contributed by atoms with Crippen LogP contribution in [0.1, 0.15) is 18.4 Å². The van der Waals surface area contributed by atoms with Crippen LogP contribution in [0.3, 0.4) is 0 Å². The molecule has 1 N–H and O–H groups in total. The first-order chi connectivity index (χ1) is 14.6. The van der Waals surface area contributed by atoms with Gasteiger partial charge in [0.2, 0.25) is 15.9 Å². The second kappa shape index (κ2) is 8.93. The van der Waals surface area contributed by atoms with Crippen LogP contribution in [0, 0.1) is 5.92 Å². The van der Waals surface area contributed by atoms with Gasteiger partial charge in [-0.25, -0.2) is 8.42 Å². The van der Waals surface area contributed by atoms with E-state index in [1.807, 2.05) is 30.3 Å². The molecular weight excluding hydrogens is 398 g/mol. The van der Waals surface area contributed by atoms with Crippen molar-refractivity contribution in [3.8, 4) is 0 Å². The van der Waals surface area contributed by atoms with E-state index >= 15 is 0 Å². The summed E-state index contributed by atoms with van der Waals surface area (Å²) in [5.41, 5.74) is 2.04. The Hall–Kier alpha value is -2.77. The molecule has 0 aliphatic carbocycles. The van der Waals surface area contributed by atoms with Crippen molar-refractivity contribution in [2.75, 3.05) is 19.6 Å². The van der Waals surface area contributed by atoms with Crippen LogP contribution in [0.2, 0.25) is 0 Å². The Kier molecular flexibility index (Phi) is 6.11. The number of amides is 1. The number of piperidine rings is 1. The van der Waals surface area contributed by atoms with E-state index in [-0.39, 0.29) is 23.3 Å². The molecule has 7 heteroatoms. The summed E-state index contributed by atoms with van der Waals surface area (Å²) in [5, 5.41) is 4.07. The maximum absolute atomic E-state index is 12.9. The fourth-order valence-electron chi connectivity index (χ4n) is 3.95.